The summed E-state index contributed by atoms with van der Waals surface area (Å²) in [5.41, 5.74) is 0. The van der Waals surface area contributed by atoms with Crippen molar-refractivity contribution in [2.45, 2.75) is 45.5 Å². The Labute approximate surface area is 73.0 Å². The van der Waals surface area contributed by atoms with E-state index in [4.69, 9.17) is 9.47 Å². The average Bonchev–Trinajstić information content (AvgIpc) is 2.26. The number of carbonyl (C=O) groups excluding carboxylic acids is 1. The van der Waals surface area contributed by atoms with E-state index in [0.29, 0.717) is 13.0 Å². The third kappa shape index (κ3) is 2.91. The van der Waals surface area contributed by atoms with Crippen LogP contribution in [0.3, 0.4) is 0 Å². The van der Waals surface area contributed by atoms with Crippen LogP contribution >= 0.6 is 0 Å². The van der Waals surface area contributed by atoms with Crippen molar-refractivity contribution in [3.63, 3.8) is 0 Å². The summed E-state index contributed by atoms with van der Waals surface area (Å²) in [7, 11) is 0. The smallest absolute Gasteiger partial charge is 0.163 e. The second-order valence-corrected chi connectivity index (χ2v) is 3.69. The minimum absolute atomic E-state index is 0.101. The van der Waals surface area contributed by atoms with Crippen LogP contribution in [-0.2, 0) is 14.3 Å². The van der Waals surface area contributed by atoms with Crippen LogP contribution in [0.1, 0.15) is 33.6 Å². The van der Waals surface area contributed by atoms with Crippen molar-refractivity contribution >= 4 is 5.78 Å². The molecule has 12 heavy (non-hydrogen) atoms. The summed E-state index contributed by atoms with van der Waals surface area (Å²) in [6, 6.07) is 0. The number of Topliss-reactive ketones (excluding diaryl/α,β-unsaturated/α-hetero) is 1. The van der Waals surface area contributed by atoms with E-state index < -0.39 is 5.79 Å². The predicted molar refractivity (Wildman–Crippen MR) is 44.8 cm³/mol. The molecule has 3 nitrogen and oxygen atoms in total. The first-order valence-electron chi connectivity index (χ1n) is 4.31. The Kier molecular flexibility index (Phi) is 2.85. The van der Waals surface area contributed by atoms with Gasteiger partial charge in [-0.3, -0.25) is 0 Å². The van der Waals surface area contributed by atoms with Crippen LogP contribution in [0.2, 0.25) is 0 Å². The number of hydrogen-bond donors (Lipinski definition) is 0. The van der Waals surface area contributed by atoms with Crippen LogP contribution in [0.25, 0.3) is 0 Å². The van der Waals surface area contributed by atoms with Crippen LogP contribution in [0.15, 0.2) is 0 Å². The van der Waals surface area contributed by atoms with Crippen molar-refractivity contribution in [2.24, 2.45) is 0 Å². The largest absolute Gasteiger partial charge is 0.348 e. The molecule has 1 aliphatic heterocycles. The normalized spacial score (nSPS) is 27.4. The summed E-state index contributed by atoms with van der Waals surface area (Å²) < 4.78 is 10.9. The van der Waals surface area contributed by atoms with Crippen LogP contribution in [0.4, 0.5) is 0 Å². The Bertz CT molecular complexity index is 175. The van der Waals surface area contributed by atoms with Gasteiger partial charge in [0.25, 0.3) is 0 Å². The number of hydrogen-bond acceptors (Lipinski definition) is 3. The molecule has 0 spiro atoms. The molecule has 1 aliphatic rings. The Morgan fingerprint density at radius 1 is 1.58 bits per heavy atom. The molecule has 70 valence electrons. The summed E-state index contributed by atoms with van der Waals surface area (Å²) >= 11 is 0. The fraction of sp³-hybridized carbons (Fsp3) is 0.889. The van der Waals surface area contributed by atoms with Gasteiger partial charge in [0, 0.05) is 6.42 Å². The Morgan fingerprint density at radius 2 is 2.25 bits per heavy atom. The van der Waals surface area contributed by atoms with Gasteiger partial charge in [0.05, 0.1) is 12.7 Å². The van der Waals surface area contributed by atoms with Crippen molar-refractivity contribution in [3.05, 3.63) is 0 Å². The second-order valence-electron chi connectivity index (χ2n) is 3.69. The minimum Gasteiger partial charge on any atom is -0.348 e. The molecule has 0 bridgehead atoms. The fourth-order valence-electron chi connectivity index (χ4n) is 1.27. The SMILES string of the molecule is CC(=O)CC[C@H]1COC(C)(C)O1. The van der Waals surface area contributed by atoms with E-state index in [2.05, 4.69) is 0 Å². The Balaban J connectivity index is 2.24. The van der Waals surface area contributed by atoms with E-state index in [9.17, 15) is 4.79 Å². The predicted octanol–water partition coefficient (Wildman–Crippen LogP) is 1.51. The fourth-order valence-corrected chi connectivity index (χ4v) is 1.27. The van der Waals surface area contributed by atoms with Gasteiger partial charge in [-0.1, -0.05) is 0 Å². The molecular formula is C9H16O3. The van der Waals surface area contributed by atoms with Gasteiger partial charge in [0.15, 0.2) is 5.79 Å². The summed E-state index contributed by atoms with van der Waals surface area (Å²) in [5, 5.41) is 0. The first kappa shape index (κ1) is 9.68. The lowest BCUT2D eigenvalue weighted by Crippen LogP contribution is -2.21. The number of rotatable bonds is 3. The molecule has 1 fully saturated rings. The van der Waals surface area contributed by atoms with Crippen molar-refractivity contribution < 1.29 is 14.3 Å². The van der Waals surface area contributed by atoms with Gasteiger partial charge in [-0.15, -0.1) is 0 Å². The minimum atomic E-state index is -0.457. The number of ether oxygens (including phenoxy) is 2. The van der Waals surface area contributed by atoms with Crippen LogP contribution in [-0.4, -0.2) is 24.3 Å². The average molecular weight is 172 g/mol. The zero-order chi connectivity index (χ0) is 9.19. The third-order valence-corrected chi connectivity index (χ3v) is 1.89. The lowest BCUT2D eigenvalue weighted by atomic mass is 10.1. The third-order valence-electron chi connectivity index (χ3n) is 1.89. The van der Waals surface area contributed by atoms with Crippen molar-refractivity contribution in [2.75, 3.05) is 6.61 Å². The van der Waals surface area contributed by atoms with E-state index in [1.807, 2.05) is 13.8 Å². The molecule has 0 saturated carbocycles. The maximum absolute atomic E-state index is 10.7. The summed E-state index contributed by atoms with van der Waals surface area (Å²) in [6.07, 6.45) is 1.46. The summed E-state index contributed by atoms with van der Waals surface area (Å²) in [6.45, 7) is 5.99. The molecule has 0 amide bonds. The quantitative estimate of drug-likeness (QED) is 0.647. The van der Waals surface area contributed by atoms with E-state index in [-0.39, 0.29) is 11.9 Å². The van der Waals surface area contributed by atoms with Crippen molar-refractivity contribution in [1.29, 1.82) is 0 Å². The Hall–Kier alpha value is -0.410. The zero-order valence-electron chi connectivity index (χ0n) is 7.92. The Morgan fingerprint density at radius 3 is 2.67 bits per heavy atom. The number of ketones is 1. The standard InChI is InChI=1S/C9H16O3/c1-7(10)4-5-8-6-11-9(2,3)12-8/h8H,4-6H2,1-3H3/t8-/m0/s1. The zero-order valence-corrected chi connectivity index (χ0v) is 7.92. The molecule has 0 aromatic heterocycles. The molecule has 1 heterocycles. The number of carbonyl (C=O) groups is 1. The summed E-state index contributed by atoms with van der Waals surface area (Å²) in [5.74, 6) is -0.245. The van der Waals surface area contributed by atoms with Gasteiger partial charge >= 0.3 is 0 Å². The molecule has 0 aliphatic carbocycles. The van der Waals surface area contributed by atoms with Gasteiger partial charge < -0.3 is 14.3 Å². The maximum atomic E-state index is 10.7. The highest BCUT2D eigenvalue weighted by Gasteiger charge is 2.32. The molecule has 1 saturated heterocycles. The van der Waals surface area contributed by atoms with Gasteiger partial charge in [0.1, 0.15) is 5.78 Å². The van der Waals surface area contributed by atoms with E-state index in [1.54, 1.807) is 6.92 Å². The van der Waals surface area contributed by atoms with E-state index in [1.165, 1.54) is 0 Å². The van der Waals surface area contributed by atoms with Gasteiger partial charge in [-0.2, -0.15) is 0 Å². The molecule has 1 rings (SSSR count). The first-order valence-corrected chi connectivity index (χ1v) is 4.31. The molecule has 0 unspecified atom stereocenters. The summed E-state index contributed by atoms with van der Waals surface area (Å²) in [4.78, 5) is 10.7. The van der Waals surface area contributed by atoms with Crippen LogP contribution in [0, 0.1) is 0 Å². The monoisotopic (exact) mass is 172 g/mol. The van der Waals surface area contributed by atoms with Gasteiger partial charge in [-0.05, 0) is 27.2 Å². The molecule has 3 heteroatoms. The van der Waals surface area contributed by atoms with Crippen LogP contribution in [0.5, 0.6) is 0 Å². The van der Waals surface area contributed by atoms with E-state index >= 15 is 0 Å². The highest BCUT2D eigenvalue weighted by Crippen LogP contribution is 2.24. The lowest BCUT2D eigenvalue weighted by Gasteiger charge is -2.16. The van der Waals surface area contributed by atoms with Crippen molar-refractivity contribution in [3.8, 4) is 0 Å². The highest BCUT2D eigenvalue weighted by molar-refractivity contribution is 5.75. The molecule has 1 atom stereocenters. The lowest BCUT2D eigenvalue weighted by molar-refractivity contribution is -0.140. The van der Waals surface area contributed by atoms with Crippen LogP contribution < -0.4 is 0 Å². The molecular weight excluding hydrogens is 156 g/mol. The van der Waals surface area contributed by atoms with Gasteiger partial charge in [-0.25, -0.2) is 0 Å². The second kappa shape index (κ2) is 3.54. The first-order chi connectivity index (χ1) is 5.49. The van der Waals surface area contributed by atoms with Crippen molar-refractivity contribution in [1.82, 2.24) is 0 Å². The molecule has 0 aromatic carbocycles. The van der Waals surface area contributed by atoms with Gasteiger partial charge in [0.2, 0.25) is 0 Å². The molecule has 0 radical (unpaired) electrons. The topological polar surface area (TPSA) is 35.5 Å². The molecule has 0 N–H and O–H groups in total. The van der Waals surface area contributed by atoms with E-state index in [0.717, 1.165) is 6.42 Å². The maximum Gasteiger partial charge on any atom is 0.163 e. The molecule has 0 aromatic rings. The highest BCUT2D eigenvalue weighted by atomic mass is 16.7.